The molecule has 0 bridgehead atoms. The van der Waals surface area contributed by atoms with E-state index < -0.39 is 42.6 Å². The van der Waals surface area contributed by atoms with Gasteiger partial charge in [-0.1, -0.05) is 60.7 Å². The third-order valence-corrected chi connectivity index (χ3v) is 7.92. The zero-order valence-electron chi connectivity index (χ0n) is 26.8. The zero-order chi connectivity index (χ0) is 34.6. The third kappa shape index (κ3) is 9.62. The first-order chi connectivity index (χ1) is 23.8. The van der Waals surface area contributed by atoms with Gasteiger partial charge in [0.15, 0.2) is 23.7 Å². The number of amides is 1. The van der Waals surface area contributed by atoms with Crippen LogP contribution in [0.3, 0.4) is 0 Å². The molecule has 5 rings (SSSR count). The molecule has 8 N–H and O–H groups in total. The second kappa shape index (κ2) is 17.2. The Morgan fingerprint density at radius 3 is 2.37 bits per heavy atom. The van der Waals surface area contributed by atoms with Crippen LogP contribution in [-0.2, 0) is 32.2 Å². The highest BCUT2D eigenvalue weighted by molar-refractivity contribution is 5.82. The van der Waals surface area contributed by atoms with Crippen LogP contribution in [0.25, 0.3) is 11.2 Å². The number of esters is 1. The van der Waals surface area contributed by atoms with Crippen LogP contribution in [0.4, 0.5) is 10.6 Å². The second-order valence-corrected chi connectivity index (χ2v) is 11.5. The molecule has 2 aromatic carbocycles. The van der Waals surface area contributed by atoms with Gasteiger partial charge in [-0.3, -0.25) is 9.56 Å². The fourth-order valence-electron chi connectivity index (χ4n) is 5.31. The van der Waals surface area contributed by atoms with E-state index in [4.69, 9.17) is 25.7 Å². The first kappa shape index (κ1) is 35.0. The fraction of sp³-hybridized carbons (Fsp3) is 0.394. The number of aliphatic hydroxyl groups is 2. The number of nitrogen functional groups attached to an aromatic ring is 1. The van der Waals surface area contributed by atoms with Crippen molar-refractivity contribution in [1.82, 2.24) is 30.2 Å². The number of carbonyl (C=O) groups excluding carboxylic acids is 2. The Morgan fingerprint density at radius 1 is 0.959 bits per heavy atom. The summed E-state index contributed by atoms with van der Waals surface area (Å²) in [7, 11) is 0. The number of guanidine groups is 1. The van der Waals surface area contributed by atoms with Gasteiger partial charge in [-0.25, -0.2) is 24.5 Å². The molecule has 2 aromatic heterocycles. The van der Waals surface area contributed by atoms with E-state index in [0.29, 0.717) is 37.0 Å². The molecule has 1 saturated heterocycles. The number of hydrogen-bond donors (Lipinski definition) is 6. The average molecular weight is 676 g/mol. The fourth-order valence-corrected chi connectivity index (χ4v) is 5.31. The minimum atomic E-state index is -1.20. The monoisotopic (exact) mass is 675 g/mol. The number of fused-ring (bicyclic) bond motifs is 1. The van der Waals surface area contributed by atoms with Gasteiger partial charge in [-0.15, -0.1) is 0 Å². The van der Waals surface area contributed by atoms with Crippen molar-refractivity contribution in [3.05, 3.63) is 84.4 Å². The van der Waals surface area contributed by atoms with Crippen LogP contribution in [0.5, 0.6) is 0 Å². The molecule has 1 aliphatic rings. The first-order valence-corrected chi connectivity index (χ1v) is 16.0. The SMILES string of the molecule is NC(=NCCC[C@H](NC(=O)OCc1ccccc1)C(=O)OCc1ccccc1)NCCC[C@H]1O[C@@H](n2cnc3c(N)ncnc32)[C@H](O)[C@@H]1O. The van der Waals surface area contributed by atoms with E-state index in [0.717, 1.165) is 11.1 Å². The number of nitrogens with zero attached hydrogens (tertiary/aromatic N) is 5. The Labute approximate surface area is 282 Å². The van der Waals surface area contributed by atoms with Gasteiger partial charge in [0.2, 0.25) is 0 Å². The lowest BCUT2D eigenvalue weighted by Gasteiger charge is -2.17. The molecule has 49 heavy (non-hydrogen) atoms. The lowest BCUT2D eigenvalue weighted by atomic mass is 10.1. The lowest BCUT2D eigenvalue weighted by Crippen LogP contribution is -2.42. The number of aromatic nitrogens is 4. The van der Waals surface area contributed by atoms with E-state index in [1.165, 1.54) is 17.2 Å². The topological polar surface area (TPSA) is 234 Å². The highest BCUT2D eigenvalue weighted by Gasteiger charge is 2.43. The van der Waals surface area contributed by atoms with Gasteiger partial charge in [0.25, 0.3) is 0 Å². The summed E-state index contributed by atoms with van der Waals surface area (Å²) < 4.78 is 18.3. The molecule has 5 atom stereocenters. The van der Waals surface area contributed by atoms with E-state index in [1.807, 2.05) is 60.7 Å². The molecule has 0 unspecified atom stereocenters. The van der Waals surface area contributed by atoms with Crippen molar-refractivity contribution in [2.24, 2.45) is 10.7 Å². The summed E-state index contributed by atoms with van der Waals surface area (Å²) in [4.78, 5) is 42.0. The molecule has 0 radical (unpaired) electrons. The van der Waals surface area contributed by atoms with Crippen LogP contribution in [0.1, 0.15) is 43.0 Å². The van der Waals surface area contributed by atoms with Crippen molar-refractivity contribution in [1.29, 1.82) is 0 Å². The smallest absolute Gasteiger partial charge is 0.408 e. The molecule has 16 nitrogen and oxygen atoms in total. The second-order valence-electron chi connectivity index (χ2n) is 11.5. The molecule has 260 valence electrons. The summed E-state index contributed by atoms with van der Waals surface area (Å²) in [5.41, 5.74) is 14.3. The summed E-state index contributed by atoms with van der Waals surface area (Å²) in [5, 5.41) is 26.9. The number of anilines is 1. The van der Waals surface area contributed by atoms with Gasteiger partial charge in [-0.2, -0.15) is 0 Å². The summed E-state index contributed by atoms with van der Waals surface area (Å²) >= 11 is 0. The van der Waals surface area contributed by atoms with E-state index >= 15 is 0 Å². The minimum absolute atomic E-state index is 0.0602. The van der Waals surface area contributed by atoms with E-state index in [1.54, 1.807) is 0 Å². The maximum Gasteiger partial charge on any atom is 0.408 e. The number of nitrogens with two attached hydrogens (primary N) is 2. The molecule has 0 saturated carbocycles. The number of imidazole rings is 1. The van der Waals surface area contributed by atoms with Gasteiger partial charge in [0.1, 0.15) is 43.3 Å². The molecule has 4 aromatic rings. The number of nitrogens with one attached hydrogen (secondary N) is 2. The number of alkyl carbamates (subject to hydrolysis) is 1. The number of carbonyl (C=O) groups is 2. The van der Waals surface area contributed by atoms with Crippen molar-refractivity contribution in [3.63, 3.8) is 0 Å². The van der Waals surface area contributed by atoms with Crippen LogP contribution >= 0.6 is 0 Å². The van der Waals surface area contributed by atoms with E-state index in [2.05, 4.69) is 30.6 Å². The number of hydrogen-bond acceptors (Lipinski definition) is 12. The molecule has 0 aliphatic carbocycles. The maximum absolute atomic E-state index is 12.9. The van der Waals surface area contributed by atoms with Gasteiger partial charge in [-0.05, 0) is 36.8 Å². The number of aliphatic hydroxyl groups excluding tert-OH is 2. The quantitative estimate of drug-likeness (QED) is 0.0455. The van der Waals surface area contributed by atoms with Crippen molar-refractivity contribution >= 4 is 35.0 Å². The van der Waals surface area contributed by atoms with Crippen molar-refractivity contribution < 1.29 is 34.0 Å². The van der Waals surface area contributed by atoms with Crippen LogP contribution in [0, 0.1) is 0 Å². The number of aliphatic imine (C=N–C) groups is 1. The number of ether oxygens (including phenoxy) is 3. The van der Waals surface area contributed by atoms with Crippen molar-refractivity contribution in [3.8, 4) is 0 Å². The molecular formula is C33H41N9O7. The summed E-state index contributed by atoms with van der Waals surface area (Å²) in [6, 6.07) is 17.5. The van der Waals surface area contributed by atoms with Gasteiger partial charge < -0.3 is 46.5 Å². The van der Waals surface area contributed by atoms with Gasteiger partial charge in [0, 0.05) is 13.1 Å². The molecule has 1 aliphatic heterocycles. The standard InChI is InChI=1S/C33H41N9O7/c34-28-25-29(39-19-38-28)42(20-40-25)30-27(44)26(43)24(49-30)14-8-16-37-32(35)36-15-7-13-23(31(45)47-17-21-9-3-1-4-10-21)41-33(46)48-18-22-11-5-2-6-12-22/h1-6,9-12,19-20,23-24,26-27,30,43-44H,7-8,13-18H2,(H,41,46)(H2,34,38,39)(H3,35,36,37)/t23-,24+,26+,27+,30+/m0/s1. The first-order valence-electron chi connectivity index (χ1n) is 16.0. The lowest BCUT2D eigenvalue weighted by molar-refractivity contribution is -0.147. The van der Waals surface area contributed by atoms with Crippen molar-refractivity contribution in [2.45, 2.75) is 69.5 Å². The summed E-state index contributed by atoms with van der Waals surface area (Å²) in [6.45, 7) is 0.848. The molecule has 16 heteroatoms. The summed E-state index contributed by atoms with van der Waals surface area (Å²) in [5.74, 6) is -0.181. The molecule has 0 spiro atoms. The normalized spacial score (nSPS) is 19.8. The predicted octanol–water partition coefficient (Wildman–Crippen LogP) is 1.53. The Bertz CT molecular complexity index is 1690. The maximum atomic E-state index is 12.9. The van der Waals surface area contributed by atoms with Gasteiger partial charge in [0.05, 0.1) is 12.4 Å². The highest BCUT2D eigenvalue weighted by Crippen LogP contribution is 2.33. The van der Waals surface area contributed by atoms with E-state index in [9.17, 15) is 19.8 Å². The summed E-state index contributed by atoms with van der Waals surface area (Å²) in [6.07, 6.45) is -0.183. The molecular weight excluding hydrogens is 634 g/mol. The molecule has 3 heterocycles. The van der Waals surface area contributed by atoms with Crippen LogP contribution in [0.2, 0.25) is 0 Å². The number of benzene rings is 2. The minimum Gasteiger partial charge on any atom is -0.459 e. The Morgan fingerprint density at radius 2 is 1.65 bits per heavy atom. The van der Waals surface area contributed by atoms with Crippen molar-refractivity contribution in [2.75, 3.05) is 18.8 Å². The molecule has 1 amide bonds. The van der Waals surface area contributed by atoms with E-state index in [-0.39, 0.29) is 38.0 Å². The highest BCUT2D eigenvalue weighted by atomic mass is 16.6. The van der Waals surface area contributed by atoms with Crippen LogP contribution in [-0.4, -0.2) is 85.2 Å². The largest absolute Gasteiger partial charge is 0.459 e. The van der Waals surface area contributed by atoms with Crippen LogP contribution < -0.4 is 22.1 Å². The Kier molecular flexibility index (Phi) is 12.3. The predicted molar refractivity (Wildman–Crippen MR) is 178 cm³/mol. The Balaban J connectivity index is 1.05. The average Bonchev–Trinajstić information content (AvgIpc) is 3.67. The van der Waals surface area contributed by atoms with Crippen LogP contribution in [0.15, 0.2) is 78.3 Å². The zero-order valence-corrected chi connectivity index (χ0v) is 26.8. The van der Waals surface area contributed by atoms with Gasteiger partial charge >= 0.3 is 12.1 Å². The Hall–Kier alpha value is -5.32. The molecule has 1 fully saturated rings. The third-order valence-electron chi connectivity index (χ3n) is 7.92. The number of rotatable bonds is 15.